The molecule has 5 nitrogen and oxygen atoms in total. The lowest BCUT2D eigenvalue weighted by molar-refractivity contribution is 0.0779. The molecule has 0 spiro atoms. The Morgan fingerprint density at radius 2 is 1.76 bits per heavy atom. The van der Waals surface area contributed by atoms with Crippen LogP contribution < -0.4 is 5.32 Å². The maximum Gasteiger partial charge on any atom is 0.272 e. The molecular weight excluding hydrogens is 312 g/mol. The molecule has 0 atom stereocenters. The van der Waals surface area contributed by atoms with Gasteiger partial charge in [-0.1, -0.05) is 30.3 Å². The van der Waals surface area contributed by atoms with Crippen LogP contribution >= 0.6 is 0 Å². The summed E-state index contributed by atoms with van der Waals surface area (Å²) in [7, 11) is 1.79. The summed E-state index contributed by atoms with van der Waals surface area (Å²) in [5, 5.41) is 3.31. The molecule has 25 heavy (non-hydrogen) atoms. The van der Waals surface area contributed by atoms with E-state index in [2.05, 4.69) is 15.3 Å². The summed E-state index contributed by atoms with van der Waals surface area (Å²) in [6.45, 7) is 1.22. The number of benzene rings is 1. The first-order valence-electron chi connectivity index (χ1n) is 8.10. The van der Waals surface area contributed by atoms with Crippen LogP contribution in [0.25, 0.3) is 0 Å². The second-order valence-electron chi connectivity index (χ2n) is 5.79. The first-order chi connectivity index (χ1) is 12.2. The number of aromatic nitrogens is 2. The van der Waals surface area contributed by atoms with Crippen LogP contribution in [0.5, 0.6) is 0 Å². The predicted octanol–water partition coefficient (Wildman–Crippen LogP) is 3.36. The number of hydrogen-bond donors (Lipinski definition) is 1. The summed E-state index contributed by atoms with van der Waals surface area (Å²) in [5.41, 5.74) is 3.51. The Morgan fingerprint density at radius 3 is 2.52 bits per heavy atom. The third-order valence-corrected chi connectivity index (χ3v) is 3.83. The van der Waals surface area contributed by atoms with Crippen molar-refractivity contribution in [1.82, 2.24) is 14.9 Å². The number of amides is 1. The molecule has 1 aromatic carbocycles. The second kappa shape index (κ2) is 8.06. The zero-order valence-electron chi connectivity index (χ0n) is 14.1. The molecule has 3 aromatic rings. The molecule has 0 saturated carbocycles. The highest BCUT2D eigenvalue weighted by Crippen LogP contribution is 2.13. The van der Waals surface area contributed by atoms with Crippen LogP contribution in [0.2, 0.25) is 0 Å². The molecule has 2 heterocycles. The van der Waals surface area contributed by atoms with Crippen molar-refractivity contribution in [3.63, 3.8) is 0 Å². The van der Waals surface area contributed by atoms with Gasteiger partial charge in [0.1, 0.15) is 5.69 Å². The largest absolute Gasteiger partial charge is 0.381 e. The van der Waals surface area contributed by atoms with Gasteiger partial charge in [-0.15, -0.1) is 0 Å². The van der Waals surface area contributed by atoms with Gasteiger partial charge in [0.15, 0.2) is 0 Å². The number of anilines is 1. The fourth-order valence-electron chi connectivity index (χ4n) is 2.49. The number of carbonyl (C=O) groups is 1. The van der Waals surface area contributed by atoms with Crippen LogP contribution in [0.3, 0.4) is 0 Å². The molecule has 0 bridgehead atoms. The summed E-state index contributed by atoms with van der Waals surface area (Å²) in [4.78, 5) is 22.5. The van der Waals surface area contributed by atoms with Crippen LogP contribution in [0.1, 0.15) is 21.6 Å². The number of hydrogen-bond acceptors (Lipinski definition) is 4. The number of pyridine rings is 2. The first-order valence-corrected chi connectivity index (χ1v) is 8.10. The quantitative estimate of drug-likeness (QED) is 0.752. The van der Waals surface area contributed by atoms with Crippen LogP contribution in [-0.4, -0.2) is 27.8 Å². The highest BCUT2D eigenvalue weighted by atomic mass is 16.2. The van der Waals surface area contributed by atoms with Gasteiger partial charge in [-0.2, -0.15) is 0 Å². The fourth-order valence-corrected chi connectivity index (χ4v) is 2.49. The van der Waals surface area contributed by atoms with Gasteiger partial charge in [0, 0.05) is 44.4 Å². The summed E-state index contributed by atoms with van der Waals surface area (Å²) < 4.78 is 0. The third-order valence-electron chi connectivity index (χ3n) is 3.83. The van der Waals surface area contributed by atoms with Gasteiger partial charge in [0.25, 0.3) is 5.91 Å². The molecule has 0 aliphatic carbocycles. The van der Waals surface area contributed by atoms with Gasteiger partial charge >= 0.3 is 0 Å². The molecule has 0 aliphatic rings. The van der Waals surface area contributed by atoms with E-state index in [-0.39, 0.29) is 5.91 Å². The Balaban J connectivity index is 1.64. The van der Waals surface area contributed by atoms with E-state index < -0.39 is 0 Å². The summed E-state index contributed by atoms with van der Waals surface area (Å²) in [5.74, 6) is -0.101. The van der Waals surface area contributed by atoms with E-state index in [9.17, 15) is 4.79 Å². The lowest BCUT2D eigenvalue weighted by Crippen LogP contribution is -2.27. The number of nitrogens with zero attached hydrogens (tertiary/aromatic N) is 3. The van der Waals surface area contributed by atoms with Gasteiger partial charge in [0.05, 0.1) is 0 Å². The molecular formula is C20H20N4O. The van der Waals surface area contributed by atoms with Crippen LogP contribution in [0, 0.1) is 0 Å². The van der Waals surface area contributed by atoms with E-state index in [4.69, 9.17) is 0 Å². The number of carbonyl (C=O) groups excluding carboxylic acids is 1. The molecule has 1 amide bonds. The highest BCUT2D eigenvalue weighted by molar-refractivity contribution is 5.92. The van der Waals surface area contributed by atoms with Crippen molar-refractivity contribution in [3.05, 3.63) is 90.0 Å². The Labute approximate surface area is 147 Å². The maximum atomic E-state index is 12.6. The van der Waals surface area contributed by atoms with Gasteiger partial charge in [-0.25, -0.2) is 0 Å². The van der Waals surface area contributed by atoms with Crippen LogP contribution in [-0.2, 0) is 13.1 Å². The van der Waals surface area contributed by atoms with Crippen molar-refractivity contribution in [1.29, 1.82) is 0 Å². The minimum absolute atomic E-state index is 0.101. The van der Waals surface area contributed by atoms with Crippen LogP contribution in [0.15, 0.2) is 73.2 Å². The SMILES string of the molecule is CN(Cc1ccccc1)C(=O)c1cc(NCc2ccncc2)ccn1. The van der Waals surface area contributed by atoms with Crippen molar-refractivity contribution < 1.29 is 4.79 Å². The minimum Gasteiger partial charge on any atom is -0.381 e. The van der Waals surface area contributed by atoms with E-state index in [0.29, 0.717) is 18.8 Å². The molecule has 0 radical (unpaired) electrons. The summed E-state index contributed by atoms with van der Waals surface area (Å²) in [6.07, 6.45) is 5.17. The summed E-state index contributed by atoms with van der Waals surface area (Å²) >= 11 is 0. The average Bonchev–Trinajstić information content (AvgIpc) is 2.67. The summed E-state index contributed by atoms with van der Waals surface area (Å²) in [6, 6.07) is 17.5. The lowest BCUT2D eigenvalue weighted by atomic mass is 10.2. The molecule has 2 aromatic heterocycles. The fraction of sp³-hybridized carbons (Fsp3) is 0.150. The Hall–Kier alpha value is -3.21. The monoisotopic (exact) mass is 332 g/mol. The van der Waals surface area contributed by atoms with E-state index in [0.717, 1.165) is 16.8 Å². The van der Waals surface area contributed by atoms with Gasteiger partial charge in [-0.3, -0.25) is 14.8 Å². The van der Waals surface area contributed by atoms with Crippen LogP contribution in [0.4, 0.5) is 5.69 Å². The molecule has 0 unspecified atom stereocenters. The first kappa shape index (κ1) is 16.6. The lowest BCUT2D eigenvalue weighted by Gasteiger charge is -2.17. The zero-order valence-corrected chi connectivity index (χ0v) is 14.1. The molecule has 0 aliphatic heterocycles. The normalized spacial score (nSPS) is 10.3. The molecule has 126 valence electrons. The minimum atomic E-state index is -0.101. The van der Waals surface area contributed by atoms with Crippen molar-refractivity contribution in [2.75, 3.05) is 12.4 Å². The van der Waals surface area contributed by atoms with Gasteiger partial charge in [-0.05, 0) is 35.4 Å². The maximum absolute atomic E-state index is 12.6. The Kier molecular flexibility index (Phi) is 5.36. The topological polar surface area (TPSA) is 58.1 Å². The van der Waals surface area contributed by atoms with E-state index in [1.807, 2.05) is 48.5 Å². The average molecular weight is 332 g/mol. The Morgan fingerprint density at radius 1 is 1.00 bits per heavy atom. The Bertz CT molecular complexity index is 821. The van der Waals surface area contributed by atoms with Gasteiger partial charge in [0.2, 0.25) is 0 Å². The molecule has 5 heteroatoms. The zero-order chi connectivity index (χ0) is 17.5. The van der Waals surface area contributed by atoms with Crippen molar-refractivity contribution in [3.8, 4) is 0 Å². The van der Waals surface area contributed by atoms with E-state index >= 15 is 0 Å². The highest BCUT2D eigenvalue weighted by Gasteiger charge is 2.14. The molecule has 3 rings (SSSR count). The smallest absolute Gasteiger partial charge is 0.272 e. The van der Waals surface area contributed by atoms with Crippen molar-refractivity contribution >= 4 is 11.6 Å². The van der Waals surface area contributed by atoms with Crippen molar-refractivity contribution in [2.24, 2.45) is 0 Å². The van der Waals surface area contributed by atoms with E-state index in [1.54, 1.807) is 36.6 Å². The van der Waals surface area contributed by atoms with E-state index in [1.165, 1.54) is 0 Å². The number of rotatable bonds is 6. The molecule has 1 N–H and O–H groups in total. The molecule has 0 saturated heterocycles. The second-order valence-corrected chi connectivity index (χ2v) is 5.79. The predicted molar refractivity (Wildman–Crippen MR) is 98.0 cm³/mol. The number of nitrogens with one attached hydrogen (secondary N) is 1. The van der Waals surface area contributed by atoms with Crippen molar-refractivity contribution in [2.45, 2.75) is 13.1 Å². The van der Waals surface area contributed by atoms with Gasteiger partial charge < -0.3 is 10.2 Å². The molecule has 0 fully saturated rings. The third kappa shape index (κ3) is 4.64. The standard InChI is InChI=1S/C20H20N4O/c1-24(15-17-5-3-2-4-6-17)20(25)19-13-18(9-12-22-19)23-14-16-7-10-21-11-8-16/h2-13H,14-15H2,1H3,(H,22,23).